The highest BCUT2D eigenvalue weighted by molar-refractivity contribution is 6.11. The number of hydrogen-bond acceptors (Lipinski definition) is 3. The van der Waals surface area contributed by atoms with Gasteiger partial charge in [0.05, 0.1) is 11.6 Å². The summed E-state index contributed by atoms with van der Waals surface area (Å²) in [7, 11) is 0. The Balaban J connectivity index is 1.98. The highest BCUT2D eigenvalue weighted by Crippen LogP contribution is 2.28. The molecule has 29 heavy (non-hydrogen) atoms. The van der Waals surface area contributed by atoms with E-state index < -0.39 is 29.0 Å². The summed E-state index contributed by atoms with van der Waals surface area (Å²) in [5.74, 6) is -2.07. The Bertz CT molecular complexity index is 1050. The van der Waals surface area contributed by atoms with Crippen molar-refractivity contribution in [1.29, 1.82) is 5.26 Å². The molecule has 0 radical (unpaired) electrons. The Hall–Kier alpha value is -3.53. The summed E-state index contributed by atoms with van der Waals surface area (Å²) in [4.78, 5) is 25.8. The van der Waals surface area contributed by atoms with E-state index in [1.54, 1.807) is 19.1 Å². The molecule has 0 spiro atoms. The lowest BCUT2D eigenvalue weighted by molar-refractivity contribution is -0.136. The fourth-order valence-electron chi connectivity index (χ4n) is 3.46. The number of hydrogen-bond donors (Lipinski definition) is 2. The van der Waals surface area contributed by atoms with Crippen LogP contribution in [0.1, 0.15) is 37.0 Å². The molecule has 2 amide bonds. The molecule has 3 rings (SSSR count). The molecular formula is C22H19F2N3O2. The molecule has 1 aliphatic rings. The molecule has 0 aromatic heterocycles. The van der Waals surface area contributed by atoms with Crippen LogP contribution in [0.4, 0.5) is 8.78 Å². The van der Waals surface area contributed by atoms with Crippen molar-refractivity contribution in [3.05, 3.63) is 76.5 Å². The third kappa shape index (κ3) is 3.74. The second-order valence-electron chi connectivity index (χ2n) is 6.92. The third-order valence-corrected chi connectivity index (χ3v) is 5.16. The molecule has 1 atom stereocenters. The summed E-state index contributed by atoms with van der Waals surface area (Å²) in [6.07, 6.45) is 0.480. The number of rotatable bonds is 4. The maximum atomic E-state index is 14.3. The second-order valence-corrected chi connectivity index (χ2v) is 6.92. The number of piperazine rings is 1. The van der Waals surface area contributed by atoms with Crippen LogP contribution in [0, 0.1) is 23.0 Å². The summed E-state index contributed by atoms with van der Waals surface area (Å²) in [5, 5.41) is 14.6. The van der Waals surface area contributed by atoms with Gasteiger partial charge in [-0.2, -0.15) is 5.26 Å². The minimum Gasteiger partial charge on any atom is -0.336 e. The summed E-state index contributed by atoms with van der Waals surface area (Å²) in [5.41, 5.74) is -0.421. The monoisotopic (exact) mass is 395 g/mol. The molecule has 2 aromatic rings. The standard InChI is InChI=1S/C22H19F2N3O2/c1-3-22(11-14-7-9-16(23)10-8-14)21(29)26-19(20(28)27-22)13(2)18-15(12-25)5-4-6-17(18)24/h4-10H,3,11H2,1-2H3,(H,26,29)(H,27,28). The van der Waals surface area contributed by atoms with Gasteiger partial charge in [-0.15, -0.1) is 0 Å². The molecule has 1 fully saturated rings. The highest BCUT2D eigenvalue weighted by atomic mass is 19.1. The number of halogens is 2. The van der Waals surface area contributed by atoms with Crippen LogP contribution in [0.15, 0.2) is 48.2 Å². The molecule has 2 N–H and O–H groups in total. The number of amides is 2. The lowest BCUT2D eigenvalue weighted by atomic mass is 9.84. The molecule has 0 bridgehead atoms. The van der Waals surface area contributed by atoms with Gasteiger partial charge in [0.25, 0.3) is 11.8 Å². The Kier molecular flexibility index (Phi) is 5.46. The van der Waals surface area contributed by atoms with Gasteiger partial charge in [0, 0.05) is 12.0 Å². The molecule has 0 aliphatic carbocycles. The first kappa shape index (κ1) is 20.2. The van der Waals surface area contributed by atoms with Gasteiger partial charge in [0.1, 0.15) is 22.9 Å². The van der Waals surface area contributed by atoms with E-state index in [0.29, 0.717) is 12.0 Å². The van der Waals surface area contributed by atoms with Crippen LogP contribution in [-0.4, -0.2) is 17.4 Å². The van der Waals surface area contributed by atoms with E-state index in [9.17, 15) is 23.6 Å². The van der Waals surface area contributed by atoms with E-state index in [0.717, 1.165) is 0 Å². The normalized spacial score (nSPS) is 20.5. The lowest BCUT2D eigenvalue weighted by Gasteiger charge is -2.37. The van der Waals surface area contributed by atoms with E-state index >= 15 is 0 Å². The molecular weight excluding hydrogens is 376 g/mol. The maximum absolute atomic E-state index is 14.3. The molecule has 148 valence electrons. The molecule has 0 saturated carbocycles. The molecule has 2 aromatic carbocycles. The quantitative estimate of drug-likeness (QED) is 0.780. The van der Waals surface area contributed by atoms with Crippen molar-refractivity contribution >= 4 is 17.4 Å². The van der Waals surface area contributed by atoms with E-state index in [-0.39, 0.29) is 28.8 Å². The molecule has 5 nitrogen and oxygen atoms in total. The third-order valence-electron chi connectivity index (χ3n) is 5.16. The fraction of sp³-hybridized carbons (Fsp3) is 0.227. The van der Waals surface area contributed by atoms with Crippen LogP contribution in [0.5, 0.6) is 0 Å². The predicted octanol–water partition coefficient (Wildman–Crippen LogP) is 3.20. The first-order valence-corrected chi connectivity index (χ1v) is 9.09. The van der Waals surface area contributed by atoms with Crippen LogP contribution in [-0.2, 0) is 16.0 Å². The van der Waals surface area contributed by atoms with Crippen LogP contribution < -0.4 is 10.6 Å². The van der Waals surface area contributed by atoms with Crippen LogP contribution in [0.3, 0.4) is 0 Å². The fourth-order valence-corrected chi connectivity index (χ4v) is 3.46. The van der Waals surface area contributed by atoms with Crippen LogP contribution in [0.25, 0.3) is 5.57 Å². The van der Waals surface area contributed by atoms with E-state index in [2.05, 4.69) is 10.6 Å². The number of carbonyl (C=O) groups is 2. The van der Waals surface area contributed by atoms with Gasteiger partial charge < -0.3 is 10.6 Å². The average Bonchev–Trinajstić information content (AvgIpc) is 2.71. The Morgan fingerprint density at radius 1 is 1.14 bits per heavy atom. The van der Waals surface area contributed by atoms with Crippen molar-refractivity contribution in [2.24, 2.45) is 0 Å². The minimum absolute atomic E-state index is 0.0250. The van der Waals surface area contributed by atoms with Gasteiger partial charge in [0.2, 0.25) is 0 Å². The van der Waals surface area contributed by atoms with Crippen molar-refractivity contribution in [2.75, 3.05) is 0 Å². The first-order valence-electron chi connectivity index (χ1n) is 9.09. The van der Waals surface area contributed by atoms with Gasteiger partial charge >= 0.3 is 0 Å². The van der Waals surface area contributed by atoms with Crippen molar-refractivity contribution in [1.82, 2.24) is 10.6 Å². The zero-order chi connectivity index (χ0) is 21.2. The lowest BCUT2D eigenvalue weighted by Crippen LogP contribution is -2.65. The first-order chi connectivity index (χ1) is 13.8. The number of carbonyl (C=O) groups excluding carboxylic acids is 2. The summed E-state index contributed by atoms with van der Waals surface area (Å²) >= 11 is 0. The number of benzene rings is 2. The van der Waals surface area contributed by atoms with Gasteiger partial charge in [-0.05, 0) is 48.7 Å². The maximum Gasteiger partial charge on any atom is 0.268 e. The summed E-state index contributed by atoms with van der Waals surface area (Å²) in [6.45, 7) is 3.24. The Labute approximate surface area is 167 Å². The van der Waals surface area contributed by atoms with Gasteiger partial charge in [-0.3, -0.25) is 9.59 Å². The summed E-state index contributed by atoms with van der Waals surface area (Å²) in [6, 6.07) is 11.6. The molecule has 1 unspecified atom stereocenters. The van der Waals surface area contributed by atoms with Gasteiger partial charge in [-0.25, -0.2) is 8.78 Å². The molecule has 1 aliphatic heterocycles. The van der Waals surface area contributed by atoms with Crippen molar-refractivity contribution in [3.8, 4) is 6.07 Å². The summed E-state index contributed by atoms with van der Waals surface area (Å²) < 4.78 is 27.5. The number of nitriles is 1. The van der Waals surface area contributed by atoms with Crippen molar-refractivity contribution in [3.63, 3.8) is 0 Å². The van der Waals surface area contributed by atoms with E-state index in [1.165, 1.54) is 37.3 Å². The predicted molar refractivity (Wildman–Crippen MR) is 103 cm³/mol. The zero-order valence-electron chi connectivity index (χ0n) is 16.0. The molecule has 7 heteroatoms. The highest BCUT2D eigenvalue weighted by Gasteiger charge is 2.44. The van der Waals surface area contributed by atoms with Gasteiger partial charge in [-0.1, -0.05) is 25.1 Å². The number of nitrogens with one attached hydrogen (secondary N) is 2. The van der Waals surface area contributed by atoms with Gasteiger partial charge in [0.15, 0.2) is 0 Å². The minimum atomic E-state index is -1.22. The Morgan fingerprint density at radius 2 is 1.83 bits per heavy atom. The zero-order valence-corrected chi connectivity index (χ0v) is 16.0. The largest absolute Gasteiger partial charge is 0.336 e. The van der Waals surface area contributed by atoms with E-state index in [1.807, 2.05) is 6.07 Å². The van der Waals surface area contributed by atoms with Crippen LogP contribution >= 0.6 is 0 Å². The molecule has 1 heterocycles. The topological polar surface area (TPSA) is 82.0 Å². The van der Waals surface area contributed by atoms with Crippen LogP contribution in [0.2, 0.25) is 0 Å². The van der Waals surface area contributed by atoms with Crippen molar-refractivity contribution in [2.45, 2.75) is 32.2 Å². The smallest absolute Gasteiger partial charge is 0.268 e. The SMILES string of the molecule is CCC1(Cc2ccc(F)cc2)NC(=O)C(=C(C)c2c(F)cccc2C#N)NC1=O. The molecule has 1 saturated heterocycles. The van der Waals surface area contributed by atoms with E-state index in [4.69, 9.17) is 0 Å². The Morgan fingerprint density at radius 3 is 2.45 bits per heavy atom. The number of nitrogens with zero attached hydrogens (tertiary/aromatic N) is 1. The number of allylic oxidation sites excluding steroid dienone is 1. The average molecular weight is 395 g/mol. The second kappa shape index (κ2) is 7.84. The van der Waals surface area contributed by atoms with Crippen molar-refractivity contribution < 1.29 is 18.4 Å².